The van der Waals surface area contributed by atoms with Crippen LogP contribution in [0.15, 0.2) is 61.8 Å². The Bertz CT molecular complexity index is 2090. The second kappa shape index (κ2) is 15.9. The molecule has 0 aliphatic carbocycles. The van der Waals surface area contributed by atoms with E-state index in [9.17, 15) is 39.6 Å². The summed E-state index contributed by atoms with van der Waals surface area (Å²) in [7, 11) is -12.7. The lowest BCUT2D eigenvalue weighted by Gasteiger charge is -2.27. The molecule has 16 nitrogen and oxygen atoms in total. The number of nitrogens with two attached hydrogens (primary N) is 1. The van der Waals surface area contributed by atoms with E-state index in [2.05, 4.69) is 16.0 Å². The van der Waals surface area contributed by atoms with Gasteiger partial charge in [0.1, 0.15) is 19.1 Å². The van der Waals surface area contributed by atoms with Gasteiger partial charge in [0.15, 0.2) is 22.2 Å². The lowest BCUT2D eigenvalue weighted by molar-refractivity contribution is -0.127. The van der Waals surface area contributed by atoms with Crippen molar-refractivity contribution in [3.8, 4) is 11.5 Å². The number of nitrogens with one attached hydrogen (secondary N) is 4. The summed E-state index contributed by atoms with van der Waals surface area (Å²) in [5.74, 6) is -3.08. The van der Waals surface area contributed by atoms with Gasteiger partial charge in [0.2, 0.25) is 10.0 Å². The number of amides is 2. The second-order valence-electron chi connectivity index (χ2n) is 11.1. The fourth-order valence-corrected chi connectivity index (χ4v) is 10.6. The lowest BCUT2D eigenvalue weighted by Crippen LogP contribution is -2.40. The van der Waals surface area contributed by atoms with Crippen molar-refractivity contribution in [1.29, 1.82) is 0 Å². The third-order valence-corrected chi connectivity index (χ3v) is 14.0. The molecular weight excluding hydrogens is 735 g/mol. The van der Waals surface area contributed by atoms with Gasteiger partial charge >= 0.3 is 5.97 Å². The van der Waals surface area contributed by atoms with Crippen LogP contribution >= 0.6 is 11.3 Å². The molecule has 6 N–H and O–H groups in total. The quantitative estimate of drug-likeness (QED) is 0.139. The van der Waals surface area contributed by atoms with Crippen LogP contribution in [0.25, 0.3) is 0 Å². The van der Waals surface area contributed by atoms with Crippen LogP contribution < -0.4 is 30.5 Å². The fourth-order valence-electron chi connectivity index (χ4n) is 4.89. The van der Waals surface area contributed by atoms with E-state index in [0.717, 1.165) is 6.07 Å². The molecule has 2 amide bonds. The number of hydrogen-bond donors (Lipinski definition) is 5. The highest BCUT2D eigenvalue weighted by molar-refractivity contribution is 7.96. The number of para-hydroxylation sites is 1. The first kappa shape index (κ1) is 38.7. The summed E-state index contributed by atoms with van der Waals surface area (Å²) in [5.41, 5.74) is 0.143. The monoisotopic (exact) mass is 771 g/mol. The van der Waals surface area contributed by atoms with Gasteiger partial charge in [0, 0.05) is 18.2 Å². The Balaban J connectivity index is 1.41. The number of benzene rings is 2. The fraction of sp³-hybridized carbons (Fsp3) is 0.367. The van der Waals surface area contributed by atoms with Gasteiger partial charge in [-0.1, -0.05) is 32.0 Å². The van der Waals surface area contributed by atoms with E-state index in [0.29, 0.717) is 42.2 Å². The van der Waals surface area contributed by atoms with Gasteiger partial charge in [-0.25, -0.2) is 39.9 Å². The number of carbonyl (C=O) groups is 3. The number of carbonyl (C=O) groups excluding carboxylic acids is 3. The number of primary sulfonamides is 1. The zero-order valence-electron chi connectivity index (χ0n) is 27.2. The van der Waals surface area contributed by atoms with Gasteiger partial charge in [0.05, 0.1) is 23.0 Å². The Morgan fingerprint density at radius 2 is 1.72 bits per heavy atom. The molecule has 0 radical (unpaired) electrons. The number of ether oxygens (including phenoxy) is 2. The average molecular weight is 772 g/mol. The predicted octanol–water partition coefficient (Wildman–Crippen LogP) is 2.00. The second-order valence-corrected chi connectivity index (χ2v) is 18.2. The van der Waals surface area contributed by atoms with E-state index in [4.69, 9.17) is 14.6 Å². The minimum atomic E-state index is -4.51. The highest BCUT2D eigenvalue weighted by Crippen LogP contribution is 2.43. The molecule has 0 unspecified atom stereocenters. The average Bonchev–Trinajstić information content (AvgIpc) is 3.53. The van der Waals surface area contributed by atoms with Gasteiger partial charge in [0.25, 0.3) is 21.8 Å². The van der Waals surface area contributed by atoms with Crippen LogP contribution in [0.5, 0.6) is 11.5 Å². The van der Waals surface area contributed by atoms with Crippen LogP contribution in [0.4, 0.5) is 5.69 Å². The van der Waals surface area contributed by atoms with Crippen molar-refractivity contribution in [3.05, 3.63) is 59.7 Å². The Morgan fingerprint density at radius 3 is 2.36 bits per heavy atom. The SMILES string of the molecule is CCCNc1cc(C(=O)OCC(=O)NCC(=O)NS(=O)(=O)c2cc3c(s2)S(=O)(=O)[C@@H](C)C[C@@H]3NCC)cc(S(N)(=O)=O)c1Oc1ccccc1. The number of rotatable bonds is 15. The van der Waals surface area contributed by atoms with Crippen LogP contribution in [0.1, 0.15) is 55.6 Å². The first-order chi connectivity index (χ1) is 23.5. The van der Waals surface area contributed by atoms with E-state index in [1.54, 1.807) is 42.0 Å². The topological polar surface area (TPSA) is 246 Å². The number of sulfonamides is 2. The van der Waals surface area contributed by atoms with Gasteiger partial charge in [-0.2, -0.15) is 0 Å². The van der Waals surface area contributed by atoms with Crippen LogP contribution in [0, 0.1) is 0 Å². The summed E-state index contributed by atoms with van der Waals surface area (Å²) in [5, 5.41) is 13.0. The van der Waals surface area contributed by atoms with Crippen molar-refractivity contribution < 1.29 is 49.1 Å². The van der Waals surface area contributed by atoms with E-state index < -0.39 is 77.0 Å². The molecule has 1 aromatic heterocycles. The third kappa shape index (κ3) is 9.17. The van der Waals surface area contributed by atoms with Crippen molar-refractivity contribution in [1.82, 2.24) is 15.4 Å². The number of thiophene rings is 1. The Hall–Kier alpha value is -4.08. The van der Waals surface area contributed by atoms with Crippen LogP contribution in [0.3, 0.4) is 0 Å². The molecule has 2 aromatic carbocycles. The molecule has 0 saturated carbocycles. The van der Waals surface area contributed by atoms with Crippen molar-refractivity contribution in [2.45, 2.75) is 58.2 Å². The summed E-state index contributed by atoms with van der Waals surface area (Å²) in [6.45, 7) is 4.38. The summed E-state index contributed by atoms with van der Waals surface area (Å²) in [6.07, 6.45) is 0.882. The molecule has 4 rings (SSSR count). The summed E-state index contributed by atoms with van der Waals surface area (Å²) >= 11 is 0.534. The van der Waals surface area contributed by atoms with Gasteiger partial charge in [-0.3, -0.25) is 9.59 Å². The standard InChI is InChI=1S/C30H37N5O11S4/c1-4-11-33-23-13-19(14-24(49(31,41)42)28(23)46-20-9-7-6-8-10-20)29(38)45-17-26(37)34-16-25(36)35-50(43,44)27-15-21-22(32-5-2)12-18(3)48(39,40)30(21)47-27/h6-10,13-15,18,22,32-33H,4-5,11-12,16-17H2,1-3H3,(H,34,37)(H,35,36)(H2,31,41,42)/t18-,22-/m0/s1. The van der Waals surface area contributed by atoms with Crippen molar-refractivity contribution in [2.24, 2.45) is 5.14 Å². The highest BCUT2D eigenvalue weighted by Gasteiger charge is 2.39. The lowest BCUT2D eigenvalue weighted by atomic mass is 10.1. The molecule has 0 spiro atoms. The number of anilines is 1. The summed E-state index contributed by atoms with van der Waals surface area (Å²) in [6, 6.07) is 11.3. The molecule has 1 aliphatic rings. The summed E-state index contributed by atoms with van der Waals surface area (Å²) in [4.78, 5) is 37.3. The molecule has 0 saturated heterocycles. The molecule has 2 heterocycles. The smallest absolute Gasteiger partial charge is 0.338 e. The predicted molar refractivity (Wildman–Crippen MR) is 184 cm³/mol. The highest BCUT2D eigenvalue weighted by atomic mass is 32.3. The molecule has 0 fully saturated rings. The van der Waals surface area contributed by atoms with Crippen LogP contribution in [0.2, 0.25) is 0 Å². The van der Waals surface area contributed by atoms with Gasteiger partial charge in [-0.05, 0) is 56.6 Å². The van der Waals surface area contributed by atoms with Crippen LogP contribution in [-0.4, -0.2) is 74.5 Å². The Labute approximate surface area is 294 Å². The molecule has 2 atom stereocenters. The van der Waals surface area contributed by atoms with Crippen molar-refractivity contribution in [2.75, 3.05) is 31.6 Å². The normalized spacial score (nSPS) is 16.9. The van der Waals surface area contributed by atoms with E-state index in [1.807, 2.05) is 13.8 Å². The van der Waals surface area contributed by atoms with Crippen molar-refractivity contribution >= 4 is 64.7 Å². The molecule has 50 heavy (non-hydrogen) atoms. The zero-order chi connectivity index (χ0) is 36.9. The zero-order valence-corrected chi connectivity index (χ0v) is 30.5. The Kier molecular flexibility index (Phi) is 12.3. The Morgan fingerprint density at radius 1 is 1.02 bits per heavy atom. The maximum atomic E-state index is 13.0. The summed E-state index contributed by atoms with van der Waals surface area (Å²) < 4.78 is 88.9. The number of fused-ring (bicyclic) bond motifs is 1. The van der Waals surface area contributed by atoms with E-state index >= 15 is 0 Å². The van der Waals surface area contributed by atoms with Gasteiger partial charge < -0.3 is 25.4 Å². The van der Waals surface area contributed by atoms with Crippen LogP contribution in [-0.2, 0) is 44.2 Å². The largest absolute Gasteiger partial charge is 0.454 e. The number of sulfone groups is 1. The third-order valence-electron chi connectivity index (χ3n) is 7.30. The number of esters is 1. The molecule has 20 heteroatoms. The maximum Gasteiger partial charge on any atom is 0.338 e. The van der Waals surface area contributed by atoms with Crippen molar-refractivity contribution in [3.63, 3.8) is 0 Å². The molecule has 1 aliphatic heterocycles. The minimum Gasteiger partial charge on any atom is -0.454 e. The molecule has 0 bridgehead atoms. The maximum absolute atomic E-state index is 13.0. The van der Waals surface area contributed by atoms with E-state index in [-0.39, 0.29) is 31.8 Å². The van der Waals surface area contributed by atoms with E-state index in [1.165, 1.54) is 12.1 Å². The first-order valence-electron chi connectivity index (χ1n) is 15.3. The molecule has 272 valence electrons. The molecular formula is C30H37N5O11S4. The molecule has 3 aromatic rings. The minimum absolute atomic E-state index is 0.0899. The first-order valence-corrected chi connectivity index (χ1v) is 20.6. The number of hydrogen-bond acceptors (Lipinski definition) is 14. The van der Waals surface area contributed by atoms with Gasteiger partial charge in [-0.15, -0.1) is 11.3 Å².